The number of halogens is 1. The van der Waals surface area contributed by atoms with E-state index in [1.54, 1.807) is 13.1 Å². The number of aromatic nitrogens is 4. The summed E-state index contributed by atoms with van der Waals surface area (Å²) in [6.07, 6.45) is 0. The zero-order valence-electron chi connectivity index (χ0n) is 13.7. The smallest absolute Gasteiger partial charge is 0.368 e. The van der Waals surface area contributed by atoms with Gasteiger partial charge < -0.3 is 4.74 Å². The van der Waals surface area contributed by atoms with Crippen LogP contribution < -0.4 is 10.4 Å². The van der Waals surface area contributed by atoms with E-state index >= 15 is 0 Å². The van der Waals surface area contributed by atoms with Crippen molar-refractivity contribution in [2.24, 2.45) is 7.05 Å². The van der Waals surface area contributed by atoms with E-state index in [0.717, 1.165) is 16.7 Å². The Morgan fingerprint density at radius 1 is 1.17 bits per heavy atom. The Kier molecular flexibility index (Phi) is 4.40. The van der Waals surface area contributed by atoms with Crippen LogP contribution in [0, 0.1) is 13.8 Å². The van der Waals surface area contributed by atoms with Crippen molar-refractivity contribution in [3.8, 4) is 11.4 Å². The Balaban J connectivity index is 1.98. The van der Waals surface area contributed by atoms with Gasteiger partial charge in [0.25, 0.3) is 0 Å². The molecule has 0 unspecified atom stereocenters. The lowest BCUT2D eigenvalue weighted by atomic mass is 10.1. The molecule has 0 spiro atoms. The molecule has 0 saturated heterocycles. The SMILES string of the molecule is Cc1ccc(Cl)c(OCc2c(C)cccc2-n2nnn(C)c2=O)c1. The lowest BCUT2D eigenvalue weighted by molar-refractivity contribution is 0.304. The lowest BCUT2D eigenvalue weighted by Gasteiger charge is -2.14. The normalized spacial score (nSPS) is 10.8. The van der Waals surface area contributed by atoms with E-state index < -0.39 is 0 Å². The highest BCUT2D eigenvalue weighted by Crippen LogP contribution is 2.27. The van der Waals surface area contributed by atoms with E-state index in [1.165, 1.54) is 9.36 Å². The minimum atomic E-state index is -0.310. The predicted molar refractivity (Wildman–Crippen MR) is 91.9 cm³/mol. The van der Waals surface area contributed by atoms with Gasteiger partial charge in [0, 0.05) is 12.6 Å². The Bertz CT molecular complexity index is 946. The van der Waals surface area contributed by atoms with Crippen LogP contribution in [0.2, 0.25) is 5.02 Å². The van der Waals surface area contributed by atoms with Gasteiger partial charge in [-0.05, 0) is 53.6 Å². The molecule has 7 heteroatoms. The molecule has 0 aliphatic heterocycles. The molecule has 0 aliphatic rings. The monoisotopic (exact) mass is 344 g/mol. The number of rotatable bonds is 4. The van der Waals surface area contributed by atoms with Gasteiger partial charge in [0.15, 0.2) is 0 Å². The van der Waals surface area contributed by atoms with Gasteiger partial charge in [-0.1, -0.05) is 29.8 Å². The van der Waals surface area contributed by atoms with Gasteiger partial charge >= 0.3 is 5.69 Å². The highest BCUT2D eigenvalue weighted by molar-refractivity contribution is 6.32. The van der Waals surface area contributed by atoms with E-state index in [4.69, 9.17) is 16.3 Å². The van der Waals surface area contributed by atoms with Gasteiger partial charge in [-0.15, -0.1) is 0 Å². The third kappa shape index (κ3) is 3.05. The number of hydrogen-bond acceptors (Lipinski definition) is 4. The molecule has 1 aromatic heterocycles. The molecule has 0 amide bonds. The van der Waals surface area contributed by atoms with E-state index in [-0.39, 0.29) is 12.3 Å². The van der Waals surface area contributed by atoms with Gasteiger partial charge in [-0.2, -0.15) is 9.36 Å². The summed E-state index contributed by atoms with van der Waals surface area (Å²) in [6.45, 7) is 4.21. The van der Waals surface area contributed by atoms with E-state index in [0.29, 0.717) is 16.5 Å². The molecule has 124 valence electrons. The van der Waals surface area contributed by atoms with Crippen molar-refractivity contribution in [1.82, 2.24) is 19.8 Å². The summed E-state index contributed by atoms with van der Waals surface area (Å²) >= 11 is 6.18. The number of nitrogens with zero attached hydrogens (tertiary/aromatic N) is 4. The van der Waals surface area contributed by atoms with Crippen molar-refractivity contribution in [1.29, 1.82) is 0 Å². The molecule has 0 fully saturated rings. The van der Waals surface area contributed by atoms with Crippen LogP contribution >= 0.6 is 11.6 Å². The molecular weight excluding hydrogens is 328 g/mol. The summed E-state index contributed by atoms with van der Waals surface area (Å²) in [6, 6.07) is 11.3. The van der Waals surface area contributed by atoms with Gasteiger partial charge in [-0.3, -0.25) is 0 Å². The molecule has 0 bridgehead atoms. The average molecular weight is 345 g/mol. The Morgan fingerprint density at radius 2 is 1.96 bits per heavy atom. The van der Waals surface area contributed by atoms with Crippen LogP contribution in [0.4, 0.5) is 0 Å². The van der Waals surface area contributed by atoms with Crippen LogP contribution in [0.15, 0.2) is 41.2 Å². The van der Waals surface area contributed by atoms with E-state index in [9.17, 15) is 4.79 Å². The van der Waals surface area contributed by atoms with Crippen LogP contribution in [-0.2, 0) is 13.7 Å². The molecule has 0 atom stereocenters. The molecule has 3 rings (SSSR count). The van der Waals surface area contributed by atoms with Crippen LogP contribution in [0.25, 0.3) is 5.69 Å². The van der Waals surface area contributed by atoms with Crippen molar-refractivity contribution in [3.05, 3.63) is 68.6 Å². The van der Waals surface area contributed by atoms with Gasteiger partial charge in [-0.25, -0.2) is 4.79 Å². The molecule has 0 radical (unpaired) electrons. The quantitative estimate of drug-likeness (QED) is 0.730. The third-order valence-corrected chi connectivity index (χ3v) is 4.11. The second kappa shape index (κ2) is 6.49. The fraction of sp³-hybridized carbons (Fsp3) is 0.235. The standard InChI is InChI=1S/C17H17ClN4O2/c1-11-7-8-14(18)16(9-11)24-10-13-12(2)5-4-6-15(13)22-17(23)21(3)19-20-22/h4-9H,10H2,1-3H3. The minimum Gasteiger partial charge on any atom is -0.487 e. The van der Waals surface area contributed by atoms with Gasteiger partial charge in [0.05, 0.1) is 10.7 Å². The maximum atomic E-state index is 12.1. The minimum absolute atomic E-state index is 0.272. The summed E-state index contributed by atoms with van der Waals surface area (Å²) in [5.74, 6) is 0.609. The summed E-state index contributed by atoms with van der Waals surface area (Å²) < 4.78 is 8.34. The molecule has 3 aromatic rings. The van der Waals surface area contributed by atoms with Crippen molar-refractivity contribution in [3.63, 3.8) is 0 Å². The molecule has 1 heterocycles. The van der Waals surface area contributed by atoms with Gasteiger partial charge in [0.1, 0.15) is 12.4 Å². The highest BCUT2D eigenvalue weighted by atomic mass is 35.5. The summed E-state index contributed by atoms with van der Waals surface area (Å²) in [4.78, 5) is 12.1. The van der Waals surface area contributed by atoms with Crippen molar-refractivity contribution >= 4 is 11.6 Å². The molecule has 0 aliphatic carbocycles. The molecular formula is C17H17ClN4O2. The van der Waals surface area contributed by atoms with Gasteiger partial charge in [0.2, 0.25) is 0 Å². The molecule has 6 nitrogen and oxygen atoms in total. The zero-order valence-corrected chi connectivity index (χ0v) is 14.4. The lowest BCUT2D eigenvalue weighted by Crippen LogP contribution is -2.23. The maximum absolute atomic E-state index is 12.1. The topological polar surface area (TPSA) is 61.9 Å². The summed E-state index contributed by atoms with van der Waals surface area (Å²) in [5, 5.41) is 8.22. The molecule has 24 heavy (non-hydrogen) atoms. The summed E-state index contributed by atoms with van der Waals surface area (Å²) in [7, 11) is 1.56. The second-order valence-electron chi connectivity index (χ2n) is 5.59. The van der Waals surface area contributed by atoms with Crippen LogP contribution in [0.5, 0.6) is 5.75 Å². The predicted octanol–water partition coefficient (Wildman–Crippen LogP) is 2.82. The molecule has 2 aromatic carbocycles. The first-order valence-corrected chi connectivity index (χ1v) is 7.82. The first-order valence-electron chi connectivity index (χ1n) is 7.44. The Labute approximate surface area is 144 Å². The molecule has 0 N–H and O–H groups in total. The fourth-order valence-electron chi connectivity index (χ4n) is 2.41. The second-order valence-corrected chi connectivity index (χ2v) is 6.00. The van der Waals surface area contributed by atoms with E-state index in [2.05, 4.69) is 10.4 Å². The number of aryl methyl sites for hydroxylation is 3. The Hall–Kier alpha value is -2.60. The van der Waals surface area contributed by atoms with E-state index in [1.807, 2.05) is 44.2 Å². The van der Waals surface area contributed by atoms with Crippen LogP contribution in [0.1, 0.15) is 16.7 Å². The zero-order chi connectivity index (χ0) is 17.3. The van der Waals surface area contributed by atoms with Crippen molar-refractivity contribution in [2.75, 3.05) is 0 Å². The summed E-state index contributed by atoms with van der Waals surface area (Å²) in [5.41, 5.74) is 3.25. The maximum Gasteiger partial charge on any atom is 0.368 e. The number of benzene rings is 2. The number of ether oxygens (including phenoxy) is 1. The van der Waals surface area contributed by atoms with Crippen molar-refractivity contribution in [2.45, 2.75) is 20.5 Å². The van der Waals surface area contributed by atoms with Crippen molar-refractivity contribution < 1.29 is 4.74 Å². The Morgan fingerprint density at radius 3 is 2.67 bits per heavy atom. The van der Waals surface area contributed by atoms with Crippen LogP contribution in [0.3, 0.4) is 0 Å². The fourth-order valence-corrected chi connectivity index (χ4v) is 2.58. The number of hydrogen-bond donors (Lipinski definition) is 0. The first kappa shape index (κ1) is 16.3. The van der Waals surface area contributed by atoms with Crippen LogP contribution in [-0.4, -0.2) is 19.8 Å². The molecule has 0 saturated carbocycles. The third-order valence-electron chi connectivity index (χ3n) is 3.79. The number of tetrazole rings is 1. The highest BCUT2D eigenvalue weighted by Gasteiger charge is 2.14. The average Bonchev–Trinajstić information content (AvgIpc) is 2.88. The largest absolute Gasteiger partial charge is 0.487 e. The first-order chi connectivity index (χ1) is 11.5.